The van der Waals surface area contributed by atoms with Crippen LogP contribution in [-0.4, -0.2) is 10.3 Å². The molecule has 1 aromatic heterocycles. The van der Waals surface area contributed by atoms with E-state index in [-0.39, 0.29) is 0 Å². The second kappa shape index (κ2) is 27.1. The SMILES string of the molecule is C=C.C=C(C)c1cc(C)c2c(CCS)cn(CC)c2c1.CC.CC.CCC(C)C(C)Cc1ccccc1.CCCC(C)(C)C. The number of nitrogens with zero attached hydrogens (tertiary/aromatic N) is 1. The Labute approximate surface area is 282 Å². The van der Waals surface area contributed by atoms with Crippen molar-refractivity contribution in [2.45, 2.75) is 136 Å². The molecule has 0 aliphatic heterocycles. The van der Waals surface area contributed by atoms with E-state index in [9.17, 15) is 0 Å². The van der Waals surface area contributed by atoms with E-state index in [1.807, 2.05) is 27.7 Å². The minimum Gasteiger partial charge on any atom is -0.347 e. The number of hydrogen-bond donors (Lipinski definition) is 1. The molecule has 44 heavy (non-hydrogen) atoms. The van der Waals surface area contributed by atoms with Crippen LogP contribution in [-0.2, 0) is 19.4 Å². The number of aromatic nitrogens is 1. The van der Waals surface area contributed by atoms with Crippen molar-refractivity contribution in [2.24, 2.45) is 17.3 Å². The maximum Gasteiger partial charge on any atom is 0.0491 e. The summed E-state index contributed by atoms with van der Waals surface area (Å²) in [5.74, 6) is 2.53. The Morgan fingerprint density at radius 1 is 0.909 bits per heavy atom. The van der Waals surface area contributed by atoms with Gasteiger partial charge >= 0.3 is 0 Å². The van der Waals surface area contributed by atoms with Crippen molar-refractivity contribution in [3.63, 3.8) is 0 Å². The smallest absolute Gasteiger partial charge is 0.0491 e. The summed E-state index contributed by atoms with van der Waals surface area (Å²) in [5.41, 5.74) is 8.46. The molecule has 0 bridgehead atoms. The predicted octanol–water partition coefficient (Wildman–Crippen LogP) is 14.1. The summed E-state index contributed by atoms with van der Waals surface area (Å²) in [7, 11) is 0. The number of aryl methyl sites for hydroxylation is 3. The first-order valence-electron chi connectivity index (χ1n) is 17.3. The van der Waals surface area contributed by atoms with Crippen molar-refractivity contribution >= 4 is 29.1 Å². The van der Waals surface area contributed by atoms with Gasteiger partial charge in [0.05, 0.1) is 0 Å². The molecular formula is C42H73NS. The second-order valence-corrected chi connectivity index (χ2v) is 12.7. The fourth-order valence-electron chi connectivity index (χ4n) is 4.89. The Kier molecular flexibility index (Phi) is 28.5. The van der Waals surface area contributed by atoms with Crippen molar-refractivity contribution in [3.05, 3.63) is 90.7 Å². The summed E-state index contributed by atoms with van der Waals surface area (Å²) in [5, 5.41) is 1.40. The average Bonchev–Trinajstić information content (AvgIpc) is 3.38. The van der Waals surface area contributed by atoms with Crippen molar-refractivity contribution in [3.8, 4) is 0 Å². The van der Waals surface area contributed by atoms with Gasteiger partial charge in [-0.2, -0.15) is 12.6 Å². The lowest BCUT2D eigenvalue weighted by molar-refractivity contribution is 0.373. The van der Waals surface area contributed by atoms with E-state index in [0.717, 1.165) is 36.1 Å². The lowest BCUT2D eigenvalue weighted by Crippen LogP contribution is -2.09. The largest absolute Gasteiger partial charge is 0.347 e. The van der Waals surface area contributed by atoms with Crippen molar-refractivity contribution < 1.29 is 0 Å². The Morgan fingerprint density at radius 2 is 1.45 bits per heavy atom. The van der Waals surface area contributed by atoms with Gasteiger partial charge < -0.3 is 4.57 Å². The highest BCUT2D eigenvalue weighted by Crippen LogP contribution is 2.29. The van der Waals surface area contributed by atoms with Crippen LogP contribution in [0.5, 0.6) is 0 Å². The molecule has 0 N–H and O–H groups in total. The molecule has 0 fully saturated rings. The number of thiol groups is 1. The number of hydrogen-bond acceptors (Lipinski definition) is 1. The molecule has 252 valence electrons. The molecule has 2 aromatic carbocycles. The highest BCUT2D eigenvalue weighted by Gasteiger charge is 2.12. The zero-order valence-electron chi connectivity index (χ0n) is 31.7. The van der Waals surface area contributed by atoms with Gasteiger partial charge in [-0.25, -0.2) is 0 Å². The summed E-state index contributed by atoms with van der Waals surface area (Å²) in [4.78, 5) is 0. The Hall–Kier alpha value is -2.19. The highest BCUT2D eigenvalue weighted by atomic mass is 32.1. The van der Waals surface area contributed by atoms with Crippen LogP contribution in [0.3, 0.4) is 0 Å². The fraction of sp³-hybridized carbons (Fsp3) is 0.571. The molecule has 1 heterocycles. The molecule has 0 radical (unpaired) electrons. The zero-order chi connectivity index (χ0) is 34.9. The van der Waals surface area contributed by atoms with Crippen LogP contribution in [0.4, 0.5) is 0 Å². The quantitative estimate of drug-likeness (QED) is 0.179. The number of rotatable bonds is 9. The van der Waals surface area contributed by atoms with Crippen LogP contribution in [0.25, 0.3) is 16.5 Å². The Morgan fingerprint density at radius 3 is 1.84 bits per heavy atom. The fourth-order valence-corrected chi connectivity index (χ4v) is 5.13. The summed E-state index contributed by atoms with van der Waals surface area (Å²) in [6.07, 6.45) is 8.45. The van der Waals surface area contributed by atoms with Crippen LogP contribution >= 0.6 is 12.6 Å². The lowest BCUT2D eigenvalue weighted by atomic mass is 9.88. The molecule has 0 aliphatic rings. The monoisotopic (exact) mass is 624 g/mol. The lowest BCUT2D eigenvalue weighted by Gasteiger charge is -2.17. The maximum absolute atomic E-state index is 4.36. The highest BCUT2D eigenvalue weighted by molar-refractivity contribution is 7.80. The number of benzene rings is 2. The molecule has 0 saturated heterocycles. The van der Waals surface area contributed by atoms with Crippen LogP contribution in [0.15, 0.2) is 68.4 Å². The van der Waals surface area contributed by atoms with Crippen LogP contribution in [0.1, 0.15) is 132 Å². The number of allylic oxidation sites excluding steroid dienone is 1. The maximum atomic E-state index is 4.36. The first kappa shape index (κ1) is 46.2. The van der Waals surface area contributed by atoms with E-state index >= 15 is 0 Å². The molecule has 3 rings (SSSR count). The van der Waals surface area contributed by atoms with Gasteiger partial charge in [-0.05, 0) is 91.4 Å². The Balaban J connectivity index is -0.000000567. The van der Waals surface area contributed by atoms with Gasteiger partial charge in [0.25, 0.3) is 0 Å². The minimum atomic E-state index is 0.550. The van der Waals surface area contributed by atoms with E-state index in [0.29, 0.717) is 5.41 Å². The standard InChI is InChI=1S/C16H21NS.C13H20.C7H16.2C2H6.C2H4/c1-5-17-10-13(6-7-18)16-12(4)8-14(11(2)3)9-15(16)17;1-4-11(2)12(3)10-13-8-6-5-7-9-13;1-5-6-7(2,3)4;3*1-2/h8-10,18H,2,5-7H2,1,3-4H3;5-9,11-12H,4,10H2,1-3H3;5-6H2,1-4H3;2*1-2H3;1-2H2. The van der Waals surface area contributed by atoms with Crippen LogP contribution in [0, 0.1) is 24.2 Å². The first-order chi connectivity index (χ1) is 20.9. The third-order valence-electron chi connectivity index (χ3n) is 7.49. The molecule has 0 saturated carbocycles. The minimum absolute atomic E-state index is 0.550. The summed E-state index contributed by atoms with van der Waals surface area (Å²) in [6, 6.07) is 15.3. The number of fused-ring (bicyclic) bond motifs is 1. The van der Waals surface area contributed by atoms with Gasteiger partial charge in [0.15, 0.2) is 0 Å². The van der Waals surface area contributed by atoms with Crippen LogP contribution in [0.2, 0.25) is 0 Å². The van der Waals surface area contributed by atoms with Gasteiger partial charge in [-0.15, -0.1) is 13.2 Å². The van der Waals surface area contributed by atoms with E-state index in [4.69, 9.17) is 0 Å². The summed E-state index contributed by atoms with van der Waals surface area (Å²) in [6.45, 7) is 41.5. The predicted molar refractivity (Wildman–Crippen MR) is 212 cm³/mol. The van der Waals surface area contributed by atoms with Gasteiger partial charge in [0.1, 0.15) is 0 Å². The molecule has 0 aliphatic carbocycles. The van der Waals surface area contributed by atoms with Gasteiger partial charge in [0.2, 0.25) is 0 Å². The van der Waals surface area contributed by atoms with Crippen molar-refractivity contribution in [1.82, 2.24) is 4.57 Å². The first-order valence-corrected chi connectivity index (χ1v) is 17.9. The van der Waals surface area contributed by atoms with Crippen molar-refractivity contribution in [1.29, 1.82) is 0 Å². The third kappa shape index (κ3) is 18.6. The molecular weight excluding hydrogens is 551 g/mol. The zero-order valence-corrected chi connectivity index (χ0v) is 32.6. The topological polar surface area (TPSA) is 4.93 Å². The summed E-state index contributed by atoms with van der Waals surface area (Å²) >= 11 is 4.36. The molecule has 1 nitrogen and oxygen atoms in total. The molecule has 0 spiro atoms. The Bertz CT molecular complexity index is 1100. The molecule has 2 unspecified atom stereocenters. The average molecular weight is 624 g/mol. The molecule has 0 amide bonds. The van der Waals surface area contributed by atoms with Crippen LogP contribution < -0.4 is 0 Å². The summed E-state index contributed by atoms with van der Waals surface area (Å²) < 4.78 is 2.33. The second-order valence-electron chi connectivity index (χ2n) is 12.2. The van der Waals surface area contributed by atoms with E-state index in [2.05, 4.69) is 155 Å². The van der Waals surface area contributed by atoms with E-state index in [1.165, 1.54) is 58.8 Å². The van der Waals surface area contributed by atoms with E-state index < -0.39 is 0 Å². The van der Waals surface area contributed by atoms with Gasteiger partial charge in [0, 0.05) is 23.6 Å². The van der Waals surface area contributed by atoms with Crippen molar-refractivity contribution in [2.75, 3.05) is 5.75 Å². The normalized spacial score (nSPS) is 11.3. The molecule has 3 aromatic rings. The van der Waals surface area contributed by atoms with E-state index in [1.54, 1.807) is 0 Å². The molecule has 2 atom stereocenters. The molecule has 2 heteroatoms. The van der Waals surface area contributed by atoms with Gasteiger partial charge in [-0.3, -0.25) is 0 Å². The third-order valence-corrected chi connectivity index (χ3v) is 7.71. The van der Waals surface area contributed by atoms with Gasteiger partial charge in [-0.1, -0.05) is 138 Å².